The fourth-order valence-electron chi connectivity index (χ4n) is 3.35. The molecule has 5 heteroatoms. The van der Waals surface area contributed by atoms with Crippen LogP contribution in [0.5, 0.6) is 5.75 Å². The van der Waals surface area contributed by atoms with Crippen LogP contribution in [0.3, 0.4) is 0 Å². The van der Waals surface area contributed by atoms with Crippen LogP contribution in [-0.4, -0.2) is 47.5 Å². The summed E-state index contributed by atoms with van der Waals surface area (Å²) in [5.41, 5.74) is 7.38. The molecule has 2 rings (SSSR count). The first-order valence-corrected chi connectivity index (χ1v) is 8.71. The van der Waals surface area contributed by atoms with Crippen molar-refractivity contribution >= 4 is 5.69 Å². The minimum atomic E-state index is -0.523. The van der Waals surface area contributed by atoms with Crippen LogP contribution >= 0.6 is 0 Å². The second-order valence-electron chi connectivity index (χ2n) is 6.23. The Morgan fingerprint density at radius 1 is 1.39 bits per heavy atom. The Labute approximate surface area is 139 Å². The summed E-state index contributed by atoms with van der Waals surface area (Å²) in [5.74, 6) is 0.669. The predicted octanol–water partition coefficient (Wildman–Crippen LogP) is 2.33. The van der Waals surface area contributed by atoms with E-state index in [1.54, 1.807) is 6.07 Å². The first-order chi connectivity index (χ1) is 11.2. The minimum Gasteiger partial charge on any atom is -0.492 e. The number of piperidine rings is 1. The normalized spacial score (nSPS) is 20.4. The molecule has 4 N–H and O–H groups in total. The maximum Gasteiger partial charge on any atom is 0.142 e. The van der Waals surface area contributed by atoms with Crippen LogP contribution in [0.4, 0.5) is 5.69 Å². The molecule has 0 aliphatic carbocycles. The SMILES string of the molecule is CCOc1ccc(C(O)CCN2CCCCC2CCO)cc1N. The van der Waals surface area contributed by atoms with Crippen molar-refractivity contribution < 1.29 is 14.9 Å². The summed E-state index contributed by atoms with van der Waals surface area (Å²) >= 11 is 0. The number of nitrogens with zero attached hydrogens (tertiary/aromatic N) is 1. The molecule has 1 aliphatic heterocycles. The van der Waals surface area contributed by atoms with E-state index in [0.717, 1.165) is 31.5 Å². The van der Waals surface area contributed by atoms with Gasteiger partial charge in [0.1, 0.15) is 5.75 Å². The van der Waals surface area contributed by atoms with Crippen molar-refractivity contribution in [2.24, 2.45) is 0 Å². The van der Waals surface area contributed by atoms with E-state index in [0.29, 0.717) is 30.5 Å². The van der Waals surface area contributed by atoms with Gasteiger partial charge in [0.25, 0.3) is 0 Å². The topological polar surface area (TPSA) is 79.0 Å². The molecular formula is C18H30N2O3. The van der Waals surface area contributed by atoms with Crippen LogP contribution < -0.4 is 10.5 Å². The molecule has 0 spiro atoms. The minimum absolute atomic E-state index is 0.235. The second-order valence-corrected chi connectivity index (χ2v) is 6.23. The molecule has 1 aliphatic rings. The molecule has 2 unspecified atom stereocenters. The zero-order valence-corrected chi connectivity index (χ0v) is 14.1. The van der Waals surface area contributed by atoms with Gasteiger partial charge in [0, 0.05) is 19.2 Å². The van der Waals surface area contributed by atoms with Crippen molar-refractivity contribution in [3.05, 3.63) is 23.8 Å². The number of aliphatic hydroxyl groups is 2. The lowest BCUT2D eigenvalue weighted by molar-refractivity contribution is 0.0891. The van der Waals surface area contributed by atoms with Gasteiger partial charge in [-0.25, -0.2) is 0 Å². The lowest BCUT2D eigenvalue weighted by atomic mass is 9.98. The number of benzene rings is 1. The van der Waals surface area contributed by atoms with E-state index in [-0.39, 0.29) is 6.61 Å². The number of ether oxygens (including phenoxy) is 1. The summed E-state index contributed by atoms with van der Waals surface area (Å²) in [6.07, 6.45) is 4.56. The van der Waals surface area contributed by atoms with Crippen LogP contribution in [0.1, 0.15) is 50.7 Å². The highest BCUT2D eigenvalue weighted by Gasteiger charge is 2.22. The zero-order chi connectivity index (χ0) is 16.7. The van der Waals surface area contributed by atoms with Gasteiger partial charge in [0.05, 0.1) is 18.4 Å². The van der Waals surface area contributed by atoms with Crippen molar-refractivity contribution in [2.75, 3.05) is 32.0 Å². The van der Waals surface area contributed by atoms with Crippen LogP contribution in [-0.2, 0) is 0 Å². The third kappa shape index (κ3) is 5.09. The molecule has 0 saturated carbocycles. The summed E-state index contributed by atoms with van der Waals surface area (Å²) in [7, 11) is 0. The fourth-order valence-corrected chi connectivity index (χ4v) is 3.35. The zero-order valence-electron chi connectivity index (χ0n) is 14.1. The van der Waals surface area contributed by atoms with Gasteiger partial charge >= 0.3 is 0 Å². The lowest BCUT2D eigenvalue weighted by Crippen LogP contribution is -2.41. The number of hydrogen-bond donors (Lipinski definition) is 3. The number of rotatable bonds is 8. The van der Waals surface area contributed by atoms with Gasteiger partial charge in [-0.3, -0.25) is 0 Å². The van der Waals surface area contributed by atoms with Gasteiger partial charge in [0.2, 0.25) is 0 Å². The molecule has 1 heterocycles. The van der Waals surface area contributed by atoms with Crippen LogP contribution in [0, 0.1) is 0 Å². The molecule has 1 saturated heterocycles. The summed E-state index contributed by atoms with van der Waals surface area (Å²) in [4.78, 5) is 2.40. The fraction of sp³-hybridized carbons (Fsp3) is 0.667. The Hall–Kier alpha value is -1.30. The first-order valence-electron chi connectivity index (χ1n) is 8.71. The van der Waals surface area contributed by atoms with Gasteiger partial charge in [-0.05, 0) is 56.8 Å². The summed E-state index contributed by atoms with van der Waals surface area (Å²) in [5, 5.41) is 19.6. The summed E-state index contributed by atoms with van der Waals surface area (Å²) in [6, 6.07) is 5.96. The molecule has 0 bridgehead atoms. The van der Waals surface area contributed by atoms with E-state index >= 15 is 0 Å². The molecule has 0 aromatic heterocycles. The molecule has 0 radical (unpaired) electrons. The van der Waals surface area contributed by atoms with Crippen molar-refractivity contribution in [3.63, 3.8) is 0 Å². The van der Waals surface area contributed by atoms with Crippen molar-refractivity contribution in [2.45, 2.75) is 51.2 Å². The molecule has 1 aromatic carbocycles. The quantitative estimate of drug-likeness (QED) is 0.640. The van der Waals surface area contributed by atoms with Gasteiger partial charge in [0.15, 0.2) is 0 Å². The number of anilines is 1. The molecule has 5 nitrogen and oxygen atoms in total. The predicted molar refractivity (Wildman–Crippen MR) is 92.5 cm³/mol. The summed E-state index contributed by atoms with van der Waals surface area (Å²) in [6.45, 7) is 4.64. The third-order valence-electron chi connectivity index (χ3n) is 4.62. The van der Waals surface area contributed by atoms with E-state index in [1.807, 2.05) is 19.1 Å². The Morgan fingerprint density at radius 2 is 2.22 bits per heavy atom. The monoisotopic (exact) mass is 322 g/mol. The molecule has 2 atom stereocenters. The third-order valence-corrected chi connectivity index (χ3v) is 4.62. The Balaban J connectivity index is 1.90. The maximum absolute atomic E-state index is 10.4. The van der Waals surface area contributed by atoms with Crippen molar-refractivity contribution in [3.8, 4) is 5.75 Å². The highest BCUT2D eigenvalue weighted by molar-refractivity contribution is 5.54. The van der Waals surface area contributed by atoms with E-state index in [4.69, 9.17) is 10.5 Å². The molecule has 23 heavy (non-hydrogen) atoms. The second kappa shape index (κ2) is 9.11. The average Bonchev–Trinajstić information content (AvgIpc) is 2.56. The number of nitrogen functional groups attached to an aromatic ring is 1. The van der Waals surface area contributed by atoms with Crippen LogP contribution in [0.2, 0.25) is 0 Å². The molecule has 130 valence electrons. The van der Waals surface area contributed by atoms with E-state index in [9.17, 15) is 10.2 Å². The van der Waals surface area contributed by atoms with Gasteiger partial charge in [-0.15, -0.1) is 0 Å². The number of aliphatic hydroxyl groups excluding tert-OH is 2. The highest BCUT2D eigenvalue weighted by atomic mass is 16.5. The summed E-state index contributed by atoms with van der Waals surface area (Å²) < 4.78 is 5.43. The largest absolute Gasteiger partial charge is 0.492 e. The first kappa shape index (κ1) is 18.0. The van der Waals surface area contributed by atoms with Crippen LogP contribution in [0.25, 0.3) is 0 Å². The van der Waals surface area contributed by atoms with Crippen molar-refractivity contribution in [1.82, 2.24) is 4.90 Å². The van der Waals surface area contributed by atoms with Gasteiger partial charge < -0.3 is 25.6 Å². The number of hydrogen-bond acceptors (Lipinski definition) is 5. The van der Waals surface area contributed by atoms with E-state index in [2.05, 4.69) is 4.90 Å². The average molecular weight is 322 g/mol. The highest BCUT2D eigenvalue weighted by Crippen LogP contribution is 2.28. The Morgan fingerprint density at radius 3 is 2.91 bits per heavy atom. The maximum atomic E-state index is 10.4. The smallest absolute Gasteiger partial charge is 0.142 e. The Kier molecular flexibility index (Phi) is 7.15. The van der Waals surface area contributed by atoms with Gasteiger partial charge in [-0.1, -0.05) is 12.5 Å². The Bertz CT molecular complexity index is 479. The number of likely N-dealkylation sites (tertiary alicyclic amines) is 1. The van der Waals surface area contributed by atoms with Gasteiger partial charge in [-0.2, -0.15) is 0 Å². The van der Waals surface area contributed by atoms with Crippen LogP contribution in [0.15, 0.2) is 18.2 Å². The standard InChI is InChI=1S/C18H30N2O3/c1-2-23-18-7-6-14(13-16(18)19)17(22)8-11-20-10-4-3-5-15(20)9-12-21/h6-7,13,15,17,21-22H,2-5,8-12,19H2,1H3. The van der Waals surface area contributed by atoms with Crippen molar-refractivity contribution in [1.29, 1.82) is 0 Å². The van der Waals surface area contributed by atoms with E-state index < -0.39 is 6.10 Å². The molecular weight excluding hydrogens is 292 g/mol. The molecule has 0 amide bonds. The molecule has 1 fully saturated rings. The van der Waals surface area contributed by atoms with E-state index in [1.165, 1.54) is 12.8 Å². The molecule has 1 aromatic rings. The lowest BCUT2D eigenvalue weighted by Gasteiger charge is -2.36. The number of nitrogens with two attached hydrogens (primary N) is 1.